The third-order valence-electron chi connectivity index (χ3n) is 3.59. The van der Waals surface area contributed by atoms with Crippen molar-refractivity contribution in [3.63, 3.8) is 0 Å². The Labute approximate surface area is 144 Å². The van der Waals surface area contributed by atoms with Gasteiger partial charge in [-0.1, -0.05) is 24.3 Å². The molecule has 0 bridgehead atoms. The van der Waals surface area contributed by atoms with Crippen LogP contribution in [0.25, 0.3) is 0 Å². The van der Waals surface area contributed by atoms with Crippen LogP contribution in [-0.2, 0) is 0 Å². The molecule has 0 aliphatic heterocycles. The van der Waals surface area contributed by atoms with E-state index in [0.29, 0.717) is 16.9 Å². The van der Waals surface area contributed by atoms with Crippen LogP contribution in [0.5, 0.6) is 0 Å². The zero-order chi connectivity index (χ0) is 17.6. The quantitative estimate of drug-likeness (QED) is 0.729. The lowest BCUT2D eigenvalue weighted by Crippen LogP contribution is -2.13. The van der Waals surface area contributed by atoms with Crippen LogP contribution >= 0.6 is 0 Å². The summed E-state index contributed by atoms with van der Waals surface area (Å²) < 4.78 is 13.6. The molecule has 0 fully saturated rings. The van der Waals surface area contributed by atoms with Gasteiger partial charge in [-0.15, -0.1) is 0 Å². The summed E-state index contributed by atoms with van der Waals surface area (Å²) in [5.74, 6) is -1.07. The van der Waals surface area contributed by atoms with E-state index < -0.39 is 11.7 Å². The molecular formula is C20H14FN3O. The van der Waals surface area contributed by atoms with Gasteiger partial charge in [-0.25, -0.2) is 4.39 Å². The van der Waals surface area contributed by atoms with Crippen molar-refractivity contribution < 1.29 is 9.18 Å². The molecule has 0 spiro atoms. The first-order valence-corrected chi connectivity index (χ1v) is 7.59. The molecule has 25 heavy (non-hydrogen) atoms. The zero-order valence-electron chi connectivity index (χ0n) is 13.2. The van der Waals surface area contributed by atoms with Gasteiger partial charge in [0, 0.05) is 11.4 Å². The Kier molecular flexibility index (Phi) is 4.72. The number of hydrogen-bond donors (Lipinski definition) is 2. The van der Waals surface area contributed by atoms with E-state index in [1.54, 1.807) is 42.5 Å². The highest BCUT2D eigenvalue weighted by molar-refractivity contribution is 6.04. The van der Waals surface area contributed by atoms with Gasteiger partial charge in [0.15, 0.2) is 0 Å². The van der Waals surface area contributed by atoms with Gasteiger partial charge in [-0.2, -0.15) is 5.26 Å². The van der Waals surface area contributed by atoms with E-state index in [-0.39, 0.29) is 5.56 Å². The number of carbonyl (C=O) groups excluding carboxylic acids is 1. The number of rotatable bonds is 4. The van der Waals surface area contributed by atoms with Crippen LogP contribution in [0.4, 0.5) is 21.5 Å². The molecule has 0 atom stereocenters. The van der Waals surface area contributed by atoms with E-state index in [2.05, 4.69) is 16.7 Å². The SMILES string of the molecule is N#Cc1ccccc1Nc1ccc(NC(=O)c2ccccc2F)cc1. The Morgan fingerprint density at radius 2 is 1.52 bits per heavy atom. The topological polar surface area (TPSA) is 64.9 Å². The Morgan fingerprint density at radius 3 is 2.24 bits per heavy atom. The average Bonchev–Trinajstić information content (AvgIpc) is 2.64. The van der Waals surface area contributed by atoms with Gasteiger partial charge in [0.25, 0.3) is 5.91 Å². The van der Waals surface area contributed by atoms with E-state index in [0.717, 1.165) is 5.69 Å². The van der Waals surface area contributed by atoms with Crippen molar-refractivity contribution in [1.29, 1.82) is 5.26 Å². The highest BCUT2D eigenvalue weighted by atomic mass is 19.1. The maximum atomic E-state index is 13.6. The van der Waals surface area contributed by atoms with Gasteiger partial charge < -0.3 is 10.6 Å². The van der Waals surface area contributed by atoms with Gasteiger partial charge in [0.2, 0.25) is 0 Å². The molecule has 5 heteroatoms. The van der Waals surface area contributed by atoms with Crippen molar-refractivity contribution in [3.05, 3.63) is 89.7 Å². The van der Waals surface area contributed by atoms with E-state index in [4.69, 9.17) is 5.26 Å². The number of nitrogens with one attached hydrogen (secondary N) is 2. The summed E-state index contributed by atoms with van der Waals surface area (Å²) in [6.45, 7) is 0. The fraction of sp³-hybridized carbons (Fsp3) is 0. The number of para-hydroxylation sites is 1. The average molecular weight is 331 g/mol. The number of benzene rings is 3. The van der Waals surface area contributed by atoms with Crippen molar-refractivity contribution in [2.75, 3.05) is 10.6 Å². The highest BCUT2D eigenvalue weighted by Crippen LogP contribution is 2.22. The minimum atomic E-state index is -0.564. The Morgan fingerprint density at radius 1 is 0.880 bits per heavy atom. The van der Waals surface area contributed by atoms with E-state index in [1.165, 1.54) is 18.2 Å². The molecule has 3 aromatic carbocycles. The van der Waals surface area contributed by atoms with E-state index >= 15 is 0 Å². The smallest absolute Gasteiger partial charge is 0.258 e. The van der Waals surface area contributed by atoms with Gasteiger partial charge in [0.1, 0.15) is 11.9 Å². The molecule has 4 nitrogen and oxygen atoms in total. The summed E-state index contributed by atoms with van der Waals surface area (Å²) in [4.78, 5) is 12.1. The summed E-state index contributed by atoms with van der Waals surface area (Å²) in [6.07, 6.45) is 0. The molecule has 0 unspecified atom stereocenters. The molecular weight excluding hydrogens is 317 g/mol. The largest absolute Gasteiger partial charge is 0.354 e. The second-order valence-corrected chi connectivity index (χ2v) is 5.29. The number of amides is 1. The van der Waals surface area contributed by atoms with Crippen molar-refractivity contribution in [1.82, 2.24) is 0 Å². The van der Waals surface area contributed by atoms with Crippen LogP contribution in [0.2, 0.25) is 0 Å². The summed E-state index contributed by atoms with van der Waals surface area (Å²) in [5.41, 5.74) is 2.55. The molecule has 3 aromatic rings. The molecule has 0 saturated carbocycles. The normalized spacial score (nSPS) is 9.92. The van der Waals surface area contributed by atoms with Gasteiger partial charge in [0.05, 0.1) is 16.8 Å². The van der Waals surface area contributed by atoms with Crippen LogP contribution in [-0.4, -0.2) is 5.91 Å². The van der Waals surface area contributed by atoms with Crippen molar-refractivity contribution >= 4 is 23.0 Å². The van der Waals surface area contributed by atoms with Gasteiger partial charge in [-0.05, 0) is 48.5 Å². The number of hydrogen-bond acceptors (Lipinski definition) is 3. The van der Waals surface area contributed by atoms with Crippen LogP contribution < -0.4 is 10.6 Å². The standard InChI is InChI=1S/C20H14FN3O/c21-18-7-3-2-6-17(18)20(25)24-16-11-9-15(10-12-16)23-19-8-4-1-5-14(19)13-22/h1-12,23H,(H,24,25). The Hall–Kier alpha value is -3.65. The minimum Gasteiger partial charge on any atom is -0.354 e. The lowest BCUT2D eigenvalue weighted by Gasteiger charge is -2.10. The first-order chi connectivity index (χ1) is 12.2. The number of carbonyl (C=O) groups is 1. The highest BCUT2D eigenvalue weighted by Gasteiger charge is 2.10. The first-order valence-electron chi connectivity index (χ1n) is 7.59. The molecule has 3 rings (SSSR count). The lowest BCUT2D eigenvalue weighted by atomic mass is 10.1. The maximum absolute atomic E-state index is 13.6. The molecule has 0 aliphatic carbocycles. The lowest BCUT2D eigenvalue weighted by molar-refractivity contribution is 0.102. The third kappa shape index (κ3) is 3.82. The van der Waals surface area contributed by atoms with Crippen LogP contribution in [0.1, 0.15) is 15.9 Å². The summed E-state index contributed by atoms with van der Waals surface area (Å²) in [6, 6.07) is 22.1. The Balaban J connectivity index is 1.72. The molecule has 2 N–H and O–H groups in total. The van der Waals surface area contributed by atoms with Gasteiger partial charge >= 0.3 is 0 Å². The second kappa shape index (κ2) is 7.28. The molecule has 0 saturated heterocycles. The summed E-state index contributed by atoms with van der Waals surface area (Å²) in [5, 5.41) is 14.9. The molecule has 0 radical (unpaired) electrons. The second-order valence-electron chi connectivity index (χ2n) is 5.29. The van der Waals surface area contributed by atoms with Gasteiger partial charge in [-0.3, -0.25) is 4.79 Å². The van der Waals surface area contributed by atoms with Crippen LogP contribution in [0, 0.1) is 17.1 Å². The van der Waals surface area contributed by atoms with Crippen molar-refractivity contribution in [3.8, 4) is 6.07 Å². The van der Waals surface area contributed by atoms with Crippen molar-refractivity contribution in [2.45, 2.75) is 0 Å². The molecule has 1 amide bonds. The predicted octanol–water partition coefficient (Wildman–Crippen LogP) is 4.69. The maximum Gasteiger partial charge on any atom is 0.258 e. The monoisotopic (exact) mass is 331 g/mol. The van der Waals surface area contributed by atoms with Crippen molar-refractivity contribution in [2.24, 2.45) is 0 Å². The summed E-state index contributed by atoms with van der Waals surface area (Å²) in [7, 11) is 0. The fourth-order valence-corrected chi connectivity index (χ4v) is 2.33. The van der Waals surface area contributed by atoms with E-state index in [9.17, 15) is 9.18 Å². The van der Waals surface area contributed by atoms with Crippen LogP contribution in [0.3, 0.4) is 0 Å². The van der Waals surface area contributed by atoms with Crippen LogP contribution in [0.15, 0.2) is 72.8 Å². The summed E-state index contributed by atoms with van der Waals surface area (Å²) >= 11 is 0. The minimum absolute atomic E-state index is 0.00681. The molecule has 122 valence electrons. The Bertz CT molecular complexity index is 946. The number of nitrogens with zero attached hydrogens (tertiary/aromatic N) is 1. The molecule has 0 aliphatic rings. The van der Waals surface area contributed by atoms with E-state index in [1.807, 2.05) is 12.1 Å². The third-order valence-corrected chi connectivity index (χ3v) is 3.59. The molecule has 0 aromatic heterocycles. The molecule has 0 heterocycles. The zero-order valence-corrected chi connectivity index (χ0v) is 13.2. The first kappa shape index (κ1) is 16.2. The predicted molar refractivity (Wildman–Crippen MR) is 95.2 cm³/mol. The fourth-order valence-electron chi connectivity index (χ4n) is 2.33. The number of halogens is 1. The number of nitriles is 1. The number of anilines is 3.